The highest BCUT2D eigenvalue weighted by Crippen LogP contribution is 2.26. The average Bonchev–Trinajstić information content (AvgIpc) is 2.95. The average molecular weight is 405 g/mol. The zero-order valence-electron chi connectivity index (χ0n) is 15.4. The van der Waals surface area contributed by atoms with Gasteiger partial charge in [0.15, 0.2) is 0 Å². The van der Waals surface area contributed by atoms with Gasteiger partial charge in [0.2, 0.25) is 10.0 Å². The quantitative estimate of drug-likeness (QED) is 0.558. The monoisotopic (exact) mass is 405 g/mol. The first kappa shape index (κ1) is 20.0. The third-order valence-corrected chi connectivity index (χ3v) is 5.66. The Kier molecular flexibility index (Phi) is 6.10. The van der Waals surface area contributed by atoms with Crippen LogP contribution in [0.2, 0.25) is 0 Å². The second-order valence-electron chi connectivity index (χ2n) is 6.76. The number of non-ortho nitro benzene ring substituents is 1. The van der Waals surface area contributed by atoms with Gasteiger partial charge < -0.3 is 10.2 Å². The van der Waals surface area contributed by atoms with Crippen molar-refractivity contribution in [2.24, 2.45) is 5.14 Å². The molecule has 9 nitrogen and oxygen atoms in total. The molecule has 0 saturated carbocycles. The number of nitrogens with zero attached hydrogens (tertiary/aromatic N) is 3. The van der Waals surface area contributed by atoms with Gasteiger partial charge in [0.1, 0.15) is 10.7 Å². The molecule has 1 saturated heterocycles. The summed E-state index contributed by atoms with van der Waals surface area (Å²) in [7, 11) is -4.11. The number of anilines is 2. The molecular weight excluding hydrogens is 382 g/mol. The molecule has 1 aromatic carbocycles. The molecule has 0 unspecified atom stereocenters. The highest BCUT2D eigenvalue weighted by molar-refractivity contribution is 7.89. The highest BCUT2D eigenvalue weighted by Gasteiger charge is 2.19. The zero-order chi connectivity index (χ0) is 20.1. The Morgan fingerprint density at radius 2 is 1.86 bits per heavy atom. The highest BCUT2D eigenvalue weighted by atomic mass is 32.2. The lowest BCUT2D eigenvalue weighted by Crippen LogP contribution is -2.24. The molecule has 0 bridgehead atoms. The lowest BCUT2D eigenvalue weighted by atomic mass is 10.2. The van der Waals surface area contributed by atoms with Crippen molar-refractivity contribution < 1.29 is 13.3 Å². The molecule has 1 aliphatic heterocycles. The molecule has 1 aromatic heterocycles. The molecule has 0 aliphatic carbocycles. The van der Waals surface area contributed by atoms with Crippen LogP contribution in [0.25, 0.3) is 0 Å². The SMILES string of the molecule is NS(=O)(=O)c1cc([N+](=O)[O-])ccc1NCc1ccc(N2CCCCCC2)nc1. The topological polar surface area (TPSA) is 131 Å². The molecule has 0 radical (unpaired) electrons. The van der Waals surface area contributed by atoms with E-state index in [1.54, 1.807) is 6.20 Å². The maximum atomic E-state index is 11.8. The van der Waals surface area contributed by atoms with Crippen LogP contribution in [-0.2, 0) is 16.6 Å². The number of hydrogen-bond acceptors (Lipinski definition) is 7. The largest absolute Gasteiger partial charge is 0.380 e. The Hall–Kier alpha value is -2.72. The normalized spacial score (nSPS) is 15.1. The first-order valence-electron chi connectivity index (χ1n) is 9.09. The minimum atomic E-state index is -4.11. The van der Waals surface area contributed by atoms with Crippen LogP contribution in [-0.4, -0.2) is 31.4 Å². The number of sulfonamides is 1. The molecule has 0 amide bonds. The molecule has 2 aromatic rings. The van der Waals surface area contributed by atoms with Crippen molar-refractivity contribution in [1.29, 1.82) is 0 Å². The summed E-state index contributed by atoms with van der Waals surface area (Å²) in [6.07, 6.45) is 6.58. The molecule has 0 spiro atoms. The van der Waals surface area contributed by atoms with E-state index in [4.69, 9.17) is 5.14 Å². The molecule has 1 fully saturated rings. The standard InChI is InChI=1S/C18H23N5O4S/c19-28(26,27)17-11-15(23(24)25)6-7-16(17)20-12-14-5-8-18(21-13-14)22-9-3-1-2-4-10-22/h5-8,11,13,20H,1-4,9-10,12H2,(H2,19,26,27). The Balaban J connectivity index is 1.72. The molecule has 3 N–H and O–H groups in total. The van der Waals surface area contributed by atoms with Gasteiger partial charge in [-0.1, -0.05) is 18.9 Å². The summed E-state index contributed by atoms with van der Waals surface area (Å²) in [6, 6.07) is 7.42. The molecule has 150 valence electrons. The Bertz CT molecular complexity index is 939. The summed E-state index contributed by atoms with van der Waals surface area (Å²) in [5, 5.41) is 19.1. The smallest absolute Gasteiger partial charge is 0.270 e. The number of nitrogens with two attached hydrogens (primary N) is 1. The van der Waals surface area contributed by atoms with E-state index in [1.807, 2.05) is 12.1 Å². The van der Waals surface area contributed by atoms with Crippen molar-refractivity contribution in [3.8, 4) is 0 Å². The summed E-state index contributed by atoms with van der Waals surface area (Å²) in [5.74, 6) is 0.936. The van der Waals surface area contributed by atoms with Gasteiger partial charge in [-0.25, -0.2) is 18.5 Å². The maximum absolute atomic E-state index is 11.8. The van der Waals surface area contributed by atoms with Gasteiger partial charge in [-0.3, -0.25) is 10.1 Å². The van der Waals surface area contributed by atoms with E-state index in [-0.39, 0.29) is 16.3 Å². The van der Waals surface area contributed by atoms with Crippen LogP contribution in [0.4, 0.5) is 17.2 Å². The van der Waals surface area contributed by atoms with Crippen LogP contribution in [0.3, 0.4) is 0 Å². The van der Waals surface area contributed by atoms with E-state index in [9.17, 15) is 18.5 Å². The van der Waals surface area contributed by atoms with Crippen LogP contribution in [0.1, 0.15) is 31.2 Å². The molecule has 28 heavy (non-hydrogen) atoms. The summed E-state index contributed by atoms with van der Waals surface area (Å²) in [4.78, 5) is 16.7. The number of pyridine rings is 1. The predicted octanol–water partition coefficient (Wildman–Crippen LogP) is 2.63. The van der Waals surface area contributed by atoms with Gasteiger partial charge in [-0.2, -0.15) is 0 Å². The van der Waals surface area contributed by atoms with E-state index < -0.39 is 14.9 Å². The van der Waals surface area contributed by atoms with Crippen LogP contribution in [0, 0.1) is 10.1 Å². The number of nitro groups is 1. The summed E-state index contributed by atoms with van der Waals surface area (Å²) >= 11 is 0. The van der Waals surface area contributed by atoms with Crippen LogP contribution in [0.5, 0.6) is 0 Å². The van der Waals surface area contributed by atoms with Crippen molar-refractivity contribution in [3.63, 3.8) is 0 Å². The first-order chi connectivity index (χ1) is 13.3. The summed E-state index contributed by atoms with van der Waals surface area (Å²) in [5.41, 5.74) is 0.736. The van der Waals surface area contributed by atoms with E-state index >= 15 is 0 Å². The number of primary sulfonamides is 1. The third-order valence-electron chi connectivity index (χ3n) is 4.70. The third kappa shape index (κ3) is 4.96. The lowest BCUT2D eigenvalue weighted by Gasteiger charge is -2.21. The van der Waals surface area contributed by atoms with Gasteiger partial charge in [0.05, 0.1) is 10.6 Å². The molecule has 2 heterocycles. The van der Waals surface area contributed by atoms with Crippen LogP contribution >= 0.6 is 0 Å². The Labute approximate surface area is 163 Å². The van der Waals surface area contributed by atoms with Crippen molar-refractivity contribution in [2.45, 2.75) is 37.1 Å². The van der Waals surface area contributed by atoms with Crippen LogP contribution in [0.15, 0.2) is 41.4 Å². The first-order valence-corrected chi connectivity index (χ1v) is 10.6. The van der Waals surface area contributed by atoms with E-state index in [2.05, 4.69) is 15.2 Å². The van der Waals surface area contributed by atoms with Gasteiger partial charge in [-0.15, -0.1) is 0 Å². The fraction of sp³-hybridized carbons (Fsp3) is 0.389. The molecule has 10 heteroatoms. The maximum Gasteiger partial charge on any atom is 0.270 e. The predicted molar refractivity (Wildman–Crippen MR) is 107 cm³/mol. The Morgan fingerprint density at radius 3 is 2.43 bits per heavy atom. The van der Waals surface area contributed by atoms with Crippen LogP contribution < -0.4 is 15.4 Å². The van der Waals surface area contributed by atoms with E-state index in [0.717, 1.165) is 30.5 Å². The fourth-order valence-corrected chi connectivity index (χ4v) is 3.94. The van der Waals surface area contributed by atoms with Gasteiger partial charge >= 0.3 is 0 Å². The van der Waals surface area contributed by atoms with Crippen molar-refractivity contribution in [3.05, 3.63) is 52.2 Å². The van der Waals surface area contributed by atoms with Gasteiger partial charge in [0, 0.05) is 38.0 Å². The lowest BCUT2D eigenvalue weighted by molar-refractivity contribution is -0.385. The number of rotatable bonds is 6. The minimum absolute atomic E-state index is 0.213. The van der Waals surface area contributed by atoms with Crippen molar-refractivity contribution in [1.82, 2.24) is 4.98 Å². The second-order valence-corrected chi connectivity index (χ2v) is 8.29. The summed E-state index contributed by atoms with van der Waals surface area (Å²) < 4.78 is 23.6. The molecule has 3 rings (SSSR count). The van der Waals surface area contributed by atoms with Gasteiger partial charge in [0.25, 0.3) is 5.69 Å². The zero-order valence-corrected chi connectivity index (χ0v) is 16.2. The number of nitrogens with one attached hydrogen (secondary N) is 1. The van der Waals surface area contributed by atoms with Crippen molar-refractivity contribution in [2.75, 3.05) is 23.3 Å². The number of nitro benzene ring substituents is 1. The molecular formula is C18H23N5O4S. The fourth-order valence-electron chi connectivity index (χ4n) is 3.21. The minimum Gasteiger partial charge on any atom is -0.380 e. The Morgan fingerprint density at radius 1 is 1.14 bits per heavy atom. The van der Waals surface area contributed by atoms with E-state index in [1.165, 1.54) is 37.8 Å². The van der Waals surface area contributed by atoms with E-state index in [0.29, 0.717) is 6.54 Å². The number of hydrogen-bond donors (Lipinski definition) is 2. The number of benzene rings is 1. The summed E-state index contributed by atoms with van der Waals surface area (Å²) in [6.45, 7) is 2.32. The van der Waals surface area contributed by atoms with Gasteiger partial charge in [-0.05, 0) is 30.5 Å². The molecule has 1 aliphatic rings. The molecule has 0 atom stereocenters. The number of aromatic nitrogens is 1. The second kappa shape index (κ2) is 8.53. The van der Waals surface area contributed by atoms with Crippen molar-refractivity contribution >= 4 is 27.2 Å².